The van der Waals surface area contributed by atoms with Crippen LogP contribution >= 0.6 is 11.3 Å². The Balaban J connectivity index is 1.81. The quantitative estimate of drug-likeness (QED) is 0.813. The molecule has 0 unspecified atom stereocenters. The van der Waals surface area contributed by atoms with Crippen molar-refractivity contribution in [1.82, 2.24) is 0 Å². The zero-order valence-electron chi connectivity index (χ0n) is 9.90. The van der Waals surface area contributed by atoms with Gasteiger partial charge in [0.05, 0.1) is 16.3 Å². The van der Waals surface area contributed by atoms with Crippen molar-refractivity contribution >= 4 is 28.6 Å². The maximum Gasteiger partial charge on any atom is 0.265 e. The maximum absolute atomic E-state index is 12.1. The molecule has 0 spiro atoms. The minimum absolute atomic E-state index is 0.0627. The minimum atomic E-state index is -0.0627. The lowest BCUT2D eigenvalue weighted by Crippen LogP contribution is -2.11. The molecule has 0 radical (unpaired) electrons. The van der Waals surface area contributed by atoms with Gasteiger partial charge in [-0.2, -0.15) is 0 Å². The van der Waals surface area contributed by atoms with Crippen LogP contribution in [0.1, 0.15) is 26.5 Å². The number of carbonyl (C=O) groups is 1. The lowest BCUT2D eigenvalue weighted by atomic mass is 10.2. The molecular weight excluding hydrogens is 244 g/mol. The molecule has 3 nitrogen and oxygen atoms in total. The second kappa shape index (κ2) is 4.46. The predicted molar refractivity (Wildman–Crippen MR) is 75.2 cm³/mol. The van der Waals surface area contributed by atoms with E-state index in [9.17, 15) is 4.79 Å². The molecule has 0 saturated carbocycles. The van der Waals surface area contributed by atoms with Gasteiger partial charge in [0.2, 0.25) is 0 Å². The highest BCUT2D eigenvalue weighted by atomic mass is 32.1. The van der Waals surface area contributed by atoms with Crippen molar-refractivity contribution in [2.45, 2.75) is 19.3 Å². The van der Waals surface area contributed by atoms with Crippen LogP contribution in [0.3, 0.4) is 0 Å². The van der Waals surface area contributed by atoms with Crippen molar-refractivity contribution in [2.75, 3.05) is 11.1 Å². The van der Waals surface area contributed by atoms with Gasteiger partial charge in [-0.3, -0.25) is 4.79 Å². The molecule has 3 N–H and O–H groups in total. The summed E-state index contributed by atoms with van der Waals surface area (Å²) in [5.41, 5.74) is 8.42. The third-order valence-electron chi connectivity index (χ3n) is 3.18. The Morgan fingerprint density at radius 2 is 2.11 bits per heavy atom. The lowest BCUT2D eigenvalue weighted by Gasteiger charge is -2.06. The average molecular weight is 258 g/mol. The summed E-state index contributed by atoms with van der Waals surface area (Å²) >= 11 is 1.60. The molecule has 0 bridgehead atoms. The van der Waals surface area contributed by atoms with Crippen molar-refractivity contribution in [3.05, 3.63) is 45.6 Å². The first-order valence-electron chi connectivity index (χ1n) is 6.01. The Morgan fingerprint density at radius 3 is 2.89 bits per heavy atom. The minimum Gasteiger partial charge on any atom is -0.397 e. The number of hydrogen-bond donors (Lipinski definition) is 2. The van der Waals surface area contributed by atoms with Crippen LogP contribution in [0, 0.1) is 0 Å². The average Bonchev–Trinajstić information content (AvgIpc) is 2.92. The van der Waals surface area contributed by atoms with Gasteiger partial charge in [-0.25, -0.2) is 0 Å². The van der Waals surface area contributed by atoms with Crippen LogP contribution in [0.25, 0.3) is 0 Å². The molecule has 0 fully saturated rings. The third-order valence-corrected chi connectivity index (χ3v) is 4.42. The van der Waals surface area contributed by atoms with Crippen molar-refractivity contribution in [2.24, 2.45) is 0 Å². The normalized spacial score (nSPS) is 13.3. The summed E-state index contributed by atoms with van der Waals surface area (Å²) in [6.07, 6.45) is 3.43. The van der Waals surface area contributed by atoms with E-state index in [4.69, 9.17) is 5.73 Å². The fourth-order valence-corrected chi connectivity index (χ4v) is 3.38. The topological polar surface area (TPSA) is 55.1 Å². The van der Waals surface area contributed by atoms with Crippen LogP contribution in [0.15, 0.2) is 30.3 Å². The molecule has 0 saturated heterocycles. The molecule has 2 aromatic rings. The molecule has 0 atom stereocenters. The molecule has 0 aliphatic heterocycles. The van der Waals surface area contributed by atoms with Crippen molar-refractivity contribution < 1.29 is 4.79 Å². The largest absolute Gasteiger partial charge is 0.397 e. The summed E-state index contributed by atoms with van der Waals surface area (Å²) in [7, 11) is 0. The van der Waals surface area contributed by atoms with Crippen molar-refractivity contribution in [1.29, 1.82) is 0 Å². The van der Waals surface area contributed by atoms with Gasteiger partial charge in [-0.05, 0) is 43.0 Å². The second-order valence-corrected chi connectivity index (χ2v) is 5.59. The highest BCUT2D eigenvalue weighted by Crippen LogP contribution is 2.31. The smallest absolute Gasteiger partial charge is 0.265 e. The first kappa shape index (κ1) is 11.3. The first-order valence-corrected chi connectivity index (χ1v) is 6.83. The third kappa shape index (κ3) is 1.99. The molecule has 1 aliphatic carbocycles. The number of anilines is 2. The van der Waals surface area contributed by atoms with Gasteiger partial charge in [0.15, 0.2) is 0 Å². The summed E-state index contributed by atoms with van der Waals surface area (Å²) in [5, 5.41) is 2.86. The molecule has 1 amide bonds. The molecule has 3 rings (SSSR count). The van der Waals surface area contributed by atoms with Gasteiger partial charge >= 0.3 is 0 Å². The van der Waals surface area contributed by atoms with Crippen LogP contribution in [-0.4, -0.2) is 5.91 Å². The lowest BCUT2D eigenvalue weighted by molar-refractivity contribution is 0.103. The van der Waals surface area contributed by atoms with Gasteiger partial charge < -0.3 is 11.1 Å². The number of fused-ring (bicyclic) bond motifs is 1. The Hall–Kier alpha value is -1.81. The fourth-order valence-electron chi connectivity index (χ4n) is 2.24. The Kier molecular flexibility index (Phi) is 2.80. The maximum atomic E-state index is 12.1. The van der Waals surface area contributed by atoms with E-state index in [2.05, 4.69) is 5.32 Å². The van der Waals surface area contributed by atoms with E-state index < -0.39 is 0 Å². The summed E-state index contributed by atoms with van der Waals surface area (Å²) < 4.78 is 0. The summed E-state index contributed by atoms with van der Waals surface area (Å²) in [5.74, 6) is -0.0627. The van der Waals surface area contributed by atoms with Crippen LogP contribution in [0.4, 0.5) is 11.4 Å². The van der Waals surface area contributed by atoms with Gasteiger partial charge in [0.25, 0.3) is 5.91 Å². The Morgan fingerprint density at radius 1 is 1.28 bits per heavy atom. The molecule has 18 heavy (non-hydrogen) atoms. The molecule has 92 valence electrons. The highest BCUT2D eigenvalue weighted by molar-refractivity contribution is 7.14. The predicted octanol–water partition coefficient (Wildman–Crippen LogP) is 3.07. The molecule has 1 aliphatic rings. The van der Waals surface area contributed by atoms with Gasteiger partial charge in [-0.15, -0.1) is 11.3 Å². The number of para-hydroxylation sites is 2. The van der Waals surface area contributed by atoms with Gasteiger partial charge in [0.1, 0.15) is 0 Å². The molecule has 1 aromatic heterocycles. The van der Waals surface area contributed by atoms with Crippen LogP contribution in [-0.2, 0) is 12.8 Å². The van der Waals surface area contributed by atoms with Gasteiger partial charge in [-0.1, -0.05) is 12.1 Å². The van der Waals surface area contributed by atoms with E-state index in [0.717, 1.165) is 17.7 Å². The number of hydrogen-bond acceptors (Lipinski definition) is 3. The van der Waals surface area contributed by atoms with E-state index in [-0.39, 0.29) is 5.91 Å². The van der Waals surface area contributed by atoms with Crippen LogP contribution in [0.2, 0.25) is 0 Å². The number of amides is 1. The first-order chi connectivity index (χ1) is 8.74. The van der Waals surface area contributed by atoms with E-state index >= 15 is 0 Å². The summed E-state index contributed by atoms with van der Waals surface area (Å²) in [4.78, 5) is 14.3. The second-order valence-electron chi connectivity index (χ2n) is 4.45. The van der Waals surface area contributed by atoms with Crippen LogP contribution < -0.4 is 11.1 Å². The van der Waals surface area contributed by atoms with E-state index in [0.29, 0.717) is 11.4 Å². The Labute approximate surface area is 110 Å². The molecular formula is C14H14N2OS. The van der Waals surface area contributed by atoms with E-state index in [1.807, 2.05) is 24.3 Å². The van der Waals surface area contributed by atoms with E-state index in [1.54, 1.807) is 17.4 Å². The monoisotopic (exact) mass is 258 g/mol. The SMILES string of the molecule is Nc1ccccc1NC(=O)c1cc2c(s1)CCC2. The number of nitrogens with two attached hydrogens (primary N) is 1. The number of benzene rings is 1. The number of thiophene rings is 1. The molecule has 4 heteroatoms. The number of rotatable bonds is 2. The zero-order valence-corrected chi connectivity index (χ0v) is 10.7. The van der Waals surface area contributed by atoms with Gasteiger partial charge in [0, 0.05) is 4.88 Å². The molecule has 1 heterocycles. The molecule has 1 aromatic carbocycles. The summed E-state index contributed by atoms with van der Waals surface area (Å²) in [6, 6.07) is 9.32. The zero-order chi connectivity index (χ0) is 12.5. The number of nitrogens with one attached hydrogen (secondary N) is 1. The Bertz CT molecular complexity index is 582. The van der Waals surface area contributed by atoms with Crippen molar-refractivity contribution in [3.8, 4) is 0 Å². The highest BCUT2D eigenvalue weighted by Gasteiger charge is 2.18. The number of nitrogen functional groups attached to an aromatic ring is 1. The fraction of sp³-hybridized carbons (Fsp3) is 0.214. The number of aryl methyl sites for hydroxylation is 2. The van der Waals surface area contributed by atoms with E-state index in [1.165, 1.54) is 16.9 Å². The summed E-state index contributed by atoms with van der Waals surface area (Å²) in [6.45, 7) is 0. The number of carbonyl (C=O) groups excluding carboxylic acids is 1. The van der Waals surface area contributed by atoms with Crippen LogP contribution in [0.5, 0.6) is 0 Å². The standard InChI is InChI=1S/C14H14N2OS/c15-10-5-1-2-6-11(10)16-14(17)13-8-9-4-3-7-12(9)18-13/h1-2,5-6,8H,3-4,7,15H2,(H,16,17). The van der Waals surface area contributed by atoms with Crippen molar-refractivity contribution in [3.63, 3.8) is 0 Å².